The van der Waals surface area contributed by atoms with Crippen LogP contribution in [0, 0.1) is 0 Å². The number of halogens is 1. The van der Waals surface area contributed by atoms with Gasteiger partial charge >= 0.3 is 0 Å². The molecule has 1 aromatic carbocycles. The molecule has 0 amide bonds. The summed E-state index contributed by atoms with van der Waals surface area (Å²) in [4.78, 5) is 11.7. The Morgan fingerprint density at radius 1 is 1.13 bits per heavy atom. The summed E-state index contributed by atoms with van der Waals surface area (Å²) in [5.74, 6) is 0.0577. The predicted molar refractivity (Wildman–Crippen MR) is 60.2 cm³/mol. The van der Waals surface area contributed by atoms with E-state index in [-0.39, 0.29) is 5.91 Å². The summed E-state index contributed by atoms with van der Waals surface area (Å²) in [6.45, 7) is 0. The van der Waals surface area contributed by atoms with Gasteiger partial charge in [0.25, 0.3) is 0 Å². The number of carbonyl (C=O) groups excluding carboxylic acids is 1. The van der Waals surface area contributed by atoms with Gasteiger partial charge in [-0.05, 0) is 29.8 Å². The highest BCUT2D eigenvalue weighted by Crippen LogP contribution is 2.10. The van der Waals surface area contributed by atoms with Crippen molar-refractivity contribution < 1.29 is 4.79 Å². The smallest absolute Gasteiger partial charge is 0.234 e. The Hall–Kier alpha value is -1.54. The van der Waals surface area contributed by atoms with E-state index >= 15 is 0 Å². The number of benzene rings is 1. The van der Waals surface area contributed by atoms with Gasteiger partial charge in [0.05, 0.1) is 6.42 Å². The van der Waals surface area contributed by atoms with E-state index in [0.717, 1.165) is 5.56 Å². The van der Waals surface area contributed by atoms with E-state index in [1.165, 1.54) is 0 Å². The maximum absolute atomic E-state index is 11.7. The van der Waals surface area contributed by atoms with Crippen LogP contribution >= 0.6 is 11.6 Å². The van der Waals surface area contributed by atoms with Crippen molar-refractivity contribution in [3.63, 3.8) is 0 Å². The van der Waals surface area contributed by atoms with Crippen LogP contribution in [0.1, 0.15) is 10.4 Å². The van der Waals surface area contributed by atoms with Crippen molar-refractivity contribution in [3.05, 3.63) is 59.4 Å². The summed E-state index contributed by atoms with van der Waals surface area (Å²) in [5.41, 5.74) is 0.970. The van der Waals surface area contributed by atoms with Gasteiger partial charge < -0.3 is 0 Å². The molecule has 0 aliphatic carbocycles. The van der Waals surface area contributed by atoms with E-state index < -0.39 is 0 Å². The van der Waals surface area contributed by atoms with E-state index in [1.807, 2.05) is 24.3 Å². The zero-order chi connectivity index (χ0) is 10.7. The van der Waals surface area contributed by atoms with Crippen molar-refractivity contribution in [1.82, 2.24) is 4.57 Å². The topological polar surface area (TPSA) is 22.0 Å². The largest absolute Gasteiger partial charge is 0.294 e. The molecule has 0 atom stereocenters. The van der Waals surface area contributed by atoms with Crippen LogP contribution in [0.4, 0.5) is 0 Å². The molecule has 1 heterocycles. The normalized spacial score (nSPS) is 10.2. The SMILES string of the molecule is O=C(Cc1ccc(Cl)cc1)n1cccc1. The van der Waals surface area contributed by atoms with Crippen molar-refractivity contribution in [1.29, 1.82) is 0 Å². The molecule has 2 rings (SSSR count). The van der Waals surface area contributed by atoms with E-state index in [9.17, 15) is 4.79 Å². The maximum Gasteiger partial charge on any atom is 0.234 e. The summed E-state index contributed by atoms with van der Waals surface area (Å²) < 4.78 is 1.58. The molecule has 0 aliphatic heterocycles. The second-order valence-electron chi connectivity index (χ2n) is 3.29. The molecule has 0 unspecified atom stereocenters. The molecule has 76 valence electrons. The molecule has 0 saturated carbocycles. The van der Waals surface area contributed by atoms with Crippen molar-refractivity contribution >= 4 is 17.5 Å². The fraction of sp³-hybridized carbons (Fsp3) is 0.0833. The van der Waals surface area contributed by atoms with Crippen LogP contribution in [0.5, 0.6) is 0 Å². The van der Waals surface area contributed by atoms with Gasteiger partial charge in [-0.25, -0.2) is 0 Å². The molecule has 2 aromatic rings. The molecular formula is C12H10ClNO. The van der Waals surface area contributed by atoms with Crippen LogP contribution in [0.25, 0.3) is 0 Å². The standard InChI is InChI=1S/C12H10ClNO/c13-11-5-3-10(4-6-11)9-12(15)14-7-1-2-8-14/h1-8H,9H2. The summed E-state index contributed by atoms with van der Waals surface area (Å²) in [5, 5.41) is 0.687. The van der Waals surface area contributed by atoms with E-state index in [0.29, 0.717) is 11.4 Å². The molecule has 0 bridgehead atoms. The van der Waals surface area contributed by atoms with Crippen LogP contribution < -0.4 is 0 Å². The molecule has 0 aliphatic rings. The second-order valence-corrected chi connectivity index (χ2v) is 3.72. The molecule has 2 nitrogen and oxygen atoms in total. The first-order chi connectivity index (χ1) is 7.25. The molecule has 15 heavy (non-hydrogen) atoms. The first-order valence-corrected chi connectivity index (χ1v) is 5.04. The summed E-state index contributed by atoms with van der Waals surface area (Å²) >= 11 is 5.76. The number of carbonyl (C=O) groups is 1. The average Bonchev–Trinajstić information content (AvgIpc) is 2.74. The Morgan fingerprint density at radius 3 is 2.33 bits per heavy atom. The first-order valence-electron chi connectivity index (χ1n) is 4.66. The van der Waals surface area contributed by atoms with Crippen molar-refractivity contribution in [2.45, 2.75) is 6.42 Å². The fourth-order valence-electron chi connectivity index (χ4n) is 1.37. The number of nitrogens with zero attached hydrogens (tertiary/aromatic N) is 1. The quantitative estimate of drug-likeness (QED) is 0.761. The van der Waals surface area contributed by atoms with Gasteiger partial charge in [0.15, 0.2) is 0 Å². The molecule has 0 saturated heterocycles. The third-order valence-electron chi connectivity index (χ3n) is 2.16. The van der Waals surface area contributed by atoms with Crippen LogP contribution in [0.2, 0.25) is 5.02 Å². The lowest BCUT2D eigenvalue weighted by Gasteiger charge is -2.02. The minimum atomic E-state index is 0.0577. The molecule has 1 aromatic heterocycles. The highest BCUT2D eigenvalue weighted by atomic mass is 35.5. The fourth-order valence-corrected chi connectivity index (χ4v) is 1.49. The Labute approximate surface area is 93.1 Å². The van der Waals surface area contributed by atoms with Crippen LogP contribution in [0.15, 0.2) is 48.8 Å². The van der Waals surface area contributed by atoms with Crippen molar-refractivity contribution in [2.75, 3.05) is 0 Å². The average molecular weight is 220 g/mol. The highest BCUT2D eigenvalue weighted by molar-refractivity contribution is 6.30. The second kappa shape index (κ2) is 4.32. The maximum atomic E-state index is 11.7. The van der Waals surface area contributed by atoms with Gasteiger partial charge in [-0.1, -0.05) is 23.7 Å². The lowest BCUT2D eigenvalue weighted by atomic mass is 10.1. The molecule has 3 heteroatoms. The number of rotatable bonds is 2. The minimum Gasteiger partial charge on any atom is -0.294 e. The summed E-state index contributed by atoms with van der Waals surface area (Å²) in [7, 11) is 0. The Kier molecular flexibility index (Phi) is 2.88. The first kappa shape index (κ1) is 9.99. The molecule has 0 radical (unpaired) electrons. The Bertz CT molecular complexity index is 445. The lowest BCUT2D eigenvalue weighted by molar-refractivity contribution is 0.0914. The highest BCUT2D eigenvalue weighted by Gasteiger charge is 2.04. The lowest BCUT2D eigenvalue weighted by Crippen LogP contribution is -2.10. The summed E-state index contributed by atoms with van der Waals surface area (Å²) in [6, 6.07) is 11.0. The van der Waals surface area contributed by atoms with Crippen LogP contribution in [-0.2, 0) is 6.42 Å². The van der Waals surface area contributed by atoms with Gasteiger partial charge in [0.1, 0.15) is 0 Å². The van der Waals surface area contributed by atoms with Gasteiger partial charge in [0, 0.05) is 17.4 Å². The van der Waals surface area contributed by atoms with Gasteiger partial charge in [-0.2, -0.15) is 0 Å². The van der Waals surface area contributed by atoms with Gasteiger partial charge in [-0.3, -0.25) is 9.36 Å². The van der Waals surface area contributed by atoms with Gasteiger partial charge in [0.2, 0.25) is 5.91 Å². The van der Waals surface area contributed by atoms with Crippen LogP contribution in [-0.4, -0.2) is 10.5 Å². The third-order valence-corrected chi connectivity index (χ3v) is 2.41. The van der Waals surface area contributed by atoms with Crippen molar-refractivity contribution in [3.8, 4) is 0 Å². The molecule has 0 fully saturated rings. The Balaban J connectivity index is 2.09. The third kappa shape index (κ3) is 2.48. The van der Waals surface area contributed by atoms with E-state index in [2.05, 4.69) is 0 Å². The predicted octanol–water partition coefficient (Wildman–Crippen LogP) is 3.02. The molecule has 0 N–H and O–H groups in total. The molecule has 0 spiro atoms. The number of hydrogen-bond donors (Lipinski definition) is 0. The Morgan fingerprint density at radius 2 is 1.73 bits per heavy atom. The number of hydrogen-bond acceptors (Lipinski definition) is 1. The molecular weight excluding hydrogens is 210 g/mol. The zero-order valence-corrected chi connectivity index (χ0v) is 8.82. The number of aromatic nitrogens is 1. The van der Waals surface area contributed by atoms with E-state index in [1.54, 1.807) is 29.1 Å². The summed E-state index contributed by atoms with van der Waals surface area (Å²) in [6.07, 6.45) is 3.89. The van der Waals surface area contributed by atoms with E-state index in [4.69, 9.17) is 11.6 Å². The van der Waals surface area contributed by atoms with Crippen LogP contribution in [0.3, 0.4) is 0 Å². The van der Waals surface area contributed by atoms with Gasteiger partial charge in [-0.15, -0.1) is 0 Å². The van der Waals surface area contributed by atoms with Crippen molar-refractivity contribution in [2.24, 2.45) is 0 Å². The zero-order valence-electron chi connectivity index (χ0n) is 8.06. The minimum absolute atomic E-state index is 0.0577. The monoisotopic (exact) mass is 219 g/mol.